The van der Waals surface area contributed by atoms with Gasteiger partial charge in [0.1, 0.15) is 6.61 Å². The Bertz CT molecular complexity index is 1110. The molecule has 2 aromatic rings. The topological polar surface area (TPSA) is 48.0 Å². The summed E-state index contributed by atoms with van der Waals surface area (Å²) in [5.74, 6) is 2.59. The van der Waals surface area contributed by atoms with Crippen molar-refractivity contribution < 1.29 is 19.0 Å². The van der Waals surface area contributed by atoms with E-state index in [1.165, 1.54) is 24.0 Å². The molecule has 0 N–H and O–H groups in total. The molecule has 0 aromatic heterocycles. The summed E-state index contributed by atoms with van der Waals surface area (Å²) in [6, 6.07) is 14.8. The van der Waals surface area contributed by atoms with E-state index in [1.807, 2.05) is 25.3 Å². The first-order valence-corrected chi connectivity index (χ1v) is 12.5. The summed E-state index contributed by atoms with van der Waals surface area (Å²) in [6.45, 7) is 2.65. The van der Waals surface area contributed by atoms with E-state index >= 15 is 0 Å². The molecular formula is C28H31NO4. The molecule has 7 rings (SSSR count). The smallest absolute Gasteiger partial charge is 0.174 e. The number of piperidine rings is 1. The number of rotatable bonds is 6. The van der Waals surface area contributed by atoms with Crippen LogP contribution in [0.15, 0.2) is 42.5 Å². The zero-order chi connectivity index (χ0) is 22.2. The highest BCUT2D eigenvalue weighted by Crippen LogP contribution is 2.66. The molecule has 2 saturated carbocycles. The molecule has 2 bridgehead atoms. The number of carbonyl (C=O) groups excluding carboxylic acids is 1. The molecule has 2 aliphatic heterocycles. The van der Waals surface area contributed by atoms with E-state index < -0.39 is 11.5 Å². The molecule has 4 atom stereocenters. The van der Waals surface area contributed by atoms with Crippen LogP contribution in [0.3, 0.4) is 0 Å². The van der Waals surface area contributed by atoms with Crippen molar-refractivity contribution in [1.82, 2.24) is 4.90 Å². The molecule has 0 amide bonds. The summed E-state index contributed by atoms with van der Waals surface area (Å²) in [5.41, 5.74) is 2.85. The number of hydrogen-bond acceptors (Lipinski definition) is 5. The average molecular weight is 446 g/mol. The molecule has 5 nitrogen and oxygen atoms in total. The SMILES string of the molecule is CO[C@@]12CCC(=O)[C@@H]3Oc4c(OCc5ccccc5)ccc5c4[C@@]31CCN(CC1CC1)[C@@H]2C5. The Balaban J connectivity index is 1.34. The first-order chi connectivity index (χ1) is 16.2. The molecular weight excluding hydrogens is 414 g/mol. The van der Waals surface area contributed by atoms with Gasteiger partial charge in [-0.25, -0.2) is 0 Å². The molecule has 1 saturated heterocycles. The Morgan fingerprint density at radius 2 is 1.97 bits per heavy atom. The lowest BCUT2D eigenvalue weighted by Crippen LogP contribution is -2.77. The minimum Gasteiger partial charge on any atom is -0.485 e. The lowest BCUT2D eigenvalue weighted by Gasteiger charge is -2.64. The summed E-state index contributed by atoms with van der Waals surface area (Å²) >= 11 is 0. The predicted octanol–water partition coefficient (Wildman–Crippen LogP) is 4.05. The van der Waals surface area contributed by atoms with Crippen LogP contribution in [-0.2, 0) is 28.0 Å². The number of nitrogens with zero attached hydrogens (tertiary/aromatic N) is 1. The minimum absolute atomic E-state index is 0.218. The van der Waals surface area contributed by atoms with E-state index in [0.717, 1.165) is 55.3 Å². The van der Waals surface area contributed by atoms with Crippen LogP contribution < -0.4 is 9.47 Å². The number of benzene rings is 2. The van der Waals surface area contributed by atoms with Crippen LogP contribution in [0.5, 0.6) is 11.5 Å². The van der Waals surface area contributed by atoms with E-state index in [0.29, 0.717) is 19.1 Å². The van der Waals surface area contributed by atoms with Gasteiger partial charge >= 0.3 is 0 Å². The summed E-state index contributed by atoms with van der Waals surface area (Å²) in [5, 5.41) is 0. The number of likely N-dealkylation sites (tertiary alicyclic amines) is 1. The van der Waals surface area contributed by atoms with Crippen molar-refractivity contribution in [3.05, 3.63) is 59.2 Å². The molecule has 2 aromatic carbocycles. The largest absolute Gasteiger partial charge is 0.485 e. The maximum Gasteiger partial charge on any atom is 0.174 e. The number of ether oxygens (including phenoxy) is 3. The van der Waals surface area contributed by atoms with Crippen molar-refractivity contribution in [3.8, 4) is 11.5 Å². The highest BCUT2D eigenvalue weighted by Gasteiger charge is 2.74. The second-order valence-electron chi connectivity index (χ2n) is 10.6. The molecule has 0 unspecified atom stereocenters. The highest BCUT2D eigenvalue weighted by molar-refractivity contribution is 5.90. The van der Waals surface area contributed by atoms with Crippen LogP contribution in [0.1, 0.15) is 48.8 Å². The number of ketones is 1. The first kappa shape index (κ1) is 20.0. The van der Waals surface area contributed by atoms with Crippen molar-refractivity contribution in [2.75, 3.05) is 20.2 Å². The van der Waals surface area contributed by atoms with Crippen molar-refractivity contribution in [2.45, 2.75) is 68.3 Å². The molecule has 3 fully saturated rings. The number of methoxy groups -OCH3 is 1. The molecule has 5 heteroatoms. The van der Waals surface area contributed by atoms with Gasteiger partial charge in [0, 0.05) is 31.7 Å². The van der Waals surface area contributed by atoms with E-state index in [4.69, 9.17) is 14.2 Å². The van der Waals surface area contributed by atoms with Gasteiger partial charge in [0.05, 0.1) is 11.0 Å². The van der Waals surface area contributed by atoms with Crippen molar-refractivity contribution >= 4 is 5.78 Å². The Labute approximate surface area is 195 Å². The molecule has 3 aliphatic carbocycles. The average Bonchev–Trinajstić information content (AvgIpc) is 3.59. The van der Waals surface area contributed by atoms with Crippen LogP contribution in [0.2, 0.25) is 0 Å². The third-order valence-corrected chi connectivity index (χ3v) is 9.10. The van der Waals surface area contributed by atoms with Gasteiger partial charge in [-0.05, 0) is 61.8 Å². The zero-order valence-electron chi connectivity index (χ0n) is 19.2. The van der Waals surface area contributed by atoms with Gasteiger partial charge in [0.25, 0.3) is 0 Å². The number of hydrogen-bond donors (Lipinski definition) is 0. The van der Waals surface area contributed by atoms with Gasteiger partial charge in [0.2, 0.25) is 0 Å². The van der Waals surface area contributed by atoms with Gasteiger partial charge in [-0.3, -0.25) is 9.69 Å². The number of Topliss-reactive ketones (excluding diaryl/α,β-unsaturated/α-hetero) is 1. The van der Waals surface area contributed by atoms with Gasteiger partial charge in [0.15, 0.2) is 23.4 Å². The fraction of sp³-hybridized carbons (Fsp3) is 0.536. The maximum atomic E-state index is 13.3. The van der Waals surface area contributed by atoms with E-state index in [2.05, 4.69) is 29.2 Å². The molecule has 5 aliphatic rings. The Morgan fingerprint density at radius 1 is 1.12 bits per heavy atom. The fourth-order valence-electron chi connectivity index (χ4n) is 7.49. The van der Waals surface area contributed by atoms with Gasteiger partial charge in [-0.15, -0.1) is 0 Å². The van der Waals surface area contributed by atoms with Crippen LogP contribution >= 0.6 is 0 Å². The second-order valence-corrected chi connectivity index (χ2v) is 10.6. The highest BCUT2D eigenvalue weighted by atomic mass is 16.5. The van der Waals surface area contributed by atoms with Crippen LogP contribution in [0, 0.1) is 5.92 Å². The van der Waals surface area contributed by atoms with Crippen LogP contribution in [0.25, 0.3) is 0 Å². The fourth-order valence-corrected chi connectivity index (χ4v) is 7.49. The minimum atomic E-state index is -0.465. The summed E-state index contributed by atoms with van der Waals surface area (Å²) in [7, 11) is 1.86. The lowest BCUT2D eigenvalue weighted by molar-refractivity contribution is -0.202. The molecule has 0 radical (unpaired) electrons. The Hall–Kier alpha value is -2.37. The third-order valence-electron chi connectivity index (χ3n) is 9.10. The standard InChI is InChI=1S/C28H31NO4/c1-31-28-12-11-21(30)26-27(28)13-14-29(16-18-7-8-18)23(28)15-20-9-10-22(25(33-26)24(20)27)32-17-19-5-3-2-4-6-19/h2-6,9-10,18,23,26H,7-8,11-17H2,1H3/t23-,26+,27+,28-/m1/s1. The summed E-state index contributed by atoms with van der Waals surface area (Å²) < 4.78 is 19.4. The second kappa shape index (κ2) is 7.07. The van der Waals surface area contributed by atoms with E-state index in [1.54, 1.807) is 0 Å². The summed E-state index contributed by atoms with van der Waals surface area (Å²) in [4.78, 5) is 16.0. The van der Waals surface area contributed by atoms with Crippen molar-refractivity contribution in [1.29, 1.82) is 0 Å². The van der Waals surface area contributed by atoms with Crippen LogP contribution in [-0.4, -0.2) is 48.6 Å². The van der Waals surface area contributed by atoms with Gasteiger partial charge in [-0.1, -0.05) is 36.4 Å². The lowest BCUT2D eigenvalue weighted by atomic mass is 9.49. The Morgan fingerprint density at radius 3 is 2.76 bits per heavy atom. The monoisotopic (exact) mass is 445 g/mol. The van der Waals surface area contributed by atoms with Crippen LogP contribution in [0.4, 0.5) is 0 Å². The molecule has 1 spiro atoms. The van der Waals surface area contributed by atoms with Crippen molar-refractivity contribution in [3.63, 3.8) is 0 Å². The predicted molar refractivity (Wildman–Crippen MR) is 124 cm³/mol. The van der Waals surface area contributed by atoms with Gasteiger partial charge in [-0.2, -0.15) is 0 Å². The van der Waals surface area contributed by atoms with E-state index in [-0.39, 0.29) is 11.4 Å². The molecule has 2 heterocycles. The molecule has 33 heavy (non-hydrogen) atoms. The number of carbonyl (C=O) groups is 1. The molecule has 172 valence electrons. The normalized spacial score (nSPS) is 34.0. The Kier molecular flexibility index (Phi) is 4.29. The van der Waals surface area contributed by atoms with E-state index in [9.17, 15) is 4.79 Å². The zero-order valence-corrected chi connectivity index (χ0v) is 19.2. The quantitative estimate of drug-likeness (QED) is 0.671. The summed E-state index contributed by atoms with van der Waals surface area (Å²) in [6.07, 6.45) is 5.39. The third kappa shape index (κ3) is 2.64. The van der Waals surface area contributed by atoms with Gasteiger partial charge < -0.3 is 14.2 Å². The maximum absolute atomic E-state index is 13.3. The van der Waals surface area contributed by atoms with Crippen molar-refractivity contribution in [2.24, 2.45) is 5.92 Å². The first-order valence-electron chi connectivity index (χ1n) is 12.5.